The van der Waals surface area contributed by atoms with Gasteiger partial charge in [0.2, 0.25) is 5.88 Å². The molecule has 5 rings (SSSR count). The van der Waals surface area contributed by atoms with Crippen molar-refractivity contribution in [2.75, 3.05) is 25.5 Å². The van der Waals surface area contributed by atoms with E-state index in [9.17, 15) is 14.4 Å². The molecule has 0 spiro atoms. The molecule has 2 aromatic carbocycles. The van der Waals surface area contributed by atoms with Gasteiger partial charge in [0.05, 0.1) is 28.5 Å². The first kappa shape index (κ1) is 29.4. The molecule has 216 valence electrons. The van der Waals surface area contributed by atoms with E-state index in [-0.39, 0.29) is 22.3 Å². The Morgan fingerprint density at radius 3 is 2.45 bits per heavy atom. The number of ketones is 1. The molecule has 2 aromatic heterocycles. The Morgan fingerprint density at radius 2 is 1.74 bits per heavy atom. The van der Waals surface area contributed by atoms with Gasteiger partial charge in [-0.25, -0.2) is 9.67 Å². The van der Waals surface area contributed by atoms with Gasteiger partial charge in [-0.3, -0.25) is 19.3 Å². The Balaban J connectivity index is 1.43. The van der Waals surface area contributed by atoms with Crippen molar-refractivity contribution >= 4 is 40.6 Å². The number of pyridine rings is 1. The number of methoxy groups -OCH3 is 1. The van der Waals surface area contributed by atoms with E-state index >= 15 is 0 Å². The number of ether oxygens (including phenoxy) is 1. The highest BCUT2D eigenvalue weighted by molar-refractivity contribution is 6.39. The molecule has 1 saturated heterocycles. The fraction of sp³-hybridized carbons (Fsp3) is 0.258. The monoisotopic (exact) mass is 605 g/mol. The van der Waals surface area contributed by atoms with Gasteiger partial charge in [-0.15, -0.1) is 0 Å². The van der Waals surface area contributed by atoms with Crippen LogP contribution in [0.5, 0.6) is 5.88 Å². The van der Waals surface area contributed by atoms with Crippen LogP contribution in [-0.2, 0) is 18.4 Å². The molecule has 0 aliphatic carbocycles. The van der Waals surface area contributed by atoms with Crippen LogP contribution in [0.3, 0.4) is 0 Å². The number of likely N-dealkylation sites (tertiary alicyclic amines) is 1. The van der Waals surface area contributed by atoms with Crippen molar-refractivity contribution in [3.63, 3.8) is 0 Å². The van der Waals surface area contributed by atoms with E-state index in [0.717, 1.165) is 29.8 Å². The van der Waals surface area contributed by atoms with Gasteiger partial charge >= 0.3 is 0 Å². The van der Waals surface area contributed by atoms with Crippen LogP contribution in [0, 0.1) is 5.92 Å². The third-order valence-corrected chi connectivity index (χ3v) is 8.25. The van der Waals surface area contributed by atoms with Crippen LogP contribution < -0.4 is 15.6 Å². The van der Waals surface area contributed by atoms with E-state index in [4.69, 9.17) is 32.9 Å². The molecule has 0 saturated carbocycles. The fourth-order valence-corrected chi connectivity index (χ4v) is 5.71. The first-order chi connectivity index (χ1) is 20.2. The minimum absolute atomic E-state index is 0.0548. The summed E-state index contributed by atoms with van der Waals surface area (Å²) in [5, 5.41) is 7.27. The summed E-state index contributed by atoms with van der Waals surface area (Å²) < 4.78 is 6.72. The Hall–Kier alpha value is -4.05. The van der Waals surface area contributed by atoms with Crippen molar-refractivity contribution in [3.8, 4) is 28.3 Å². The molecule has 4 aromatic rings. The van der Waals surface area contributed by atoms with E-state index in [1.165, 1.54) is 19.3 Å². The minimum Gasteiger partial charge on any atom is -0.481 e. The van der Waals surface area contributed by atoms with Gasteiger partial charge in [0.15, 0.2) is 0 Å². The van der Waals surface area contributed by atoms with Crippen LogP contribution in [0.2, 0.25) is 10.0 Å². The Bertz CT molecular complexity index is 1740. The summed E-state index contributed by atoms with van der Waals surface area (Å²) in [5.74, 6) is 0.190. The topological polar surface area (TPSA) is 106 Å². The molecule has 0 unspecified atom stereocenters. The maximum Gasteiger partial charge on any atom is 0.279 e. The number of aryl methyl sites for hydroxylation is 1. The second-order valence-corrected chi connectivity index (χ2v) is 10.9. The summed E-state index contributed by atoms with van der Waals surface area (Å²) in [7, 11) is 3.05. The molecule has 0 bridgehead atoms. The molecule has 11 heteroatoms. The maximum atomic E-state index is 12.9. The zero-order chi connectivity index (χ0) is 30.0. The summed E-state index contributed by atoms with van der Waals surface area (Å²) in [4.78, 5) is 44.0. The third kappa shape index (κ3) is 5.94. The van der Waals surface area contributed by atoms with Gasteiger partial charge in [0.25, 0.3) is 11.5 Å². The minimum atomic E-state index is -0.598. The maximum absolute atomic E-state index is 12.9. The lowest BCUT2D eigenvalue weighted by Gasteiger charge is -2.18. The van der Waals surface area contributed by atoms with Crippen molar-refractivity contribution in [1.82, 2.24) is 19.7 Å². The molecule has 0 radical (unpaired) electrons. The van der Waals surface area contributed by atoms with Crippen molar-refractivity contribution < 1.29 is 14.3 Å². The number of nitrogens with zero attached hydrogens (tertiary/aromatic N) is 4. The Morgan fingerprint density at radius 1 is 1.02 bits per heavy atom. The number of aromatic nitrogens is 3. The third-order valence-electron chi connectivity index (χ3n) is 7.44. The van der Waals surface area contributed by atoms with E-state index in [1.54, 1.807) is 32.2 Å². The van der Waals surface area contributed by atoms with Crippen molar-refractivity contribution in [3.05, 3.63) is 92.3 Å². The smallest absolute Gasteiger partial charge is 0.279 e. The molecule has 1 atom stereocenters. The van der Waals surface area contributed by atoms with Gasteiger partial charge in [0.1, 0.15) is 11.3 Å². The largest absolute Gasteiger partial charge is 0.481 e. The first-order valence-electron chi connectivity index (χ1n) is 13.4. The summed E-state index contributed by atoms with van der Waals surface area (Å²) in [6.07, 6.45) is 2.24. The highest BCUT2D eigenvalue weighted by atomic mass is 35.5. The lowest BCUT2D eigenvalue weighted by atomic mass is 10.00. The molecule has 1 N–H and O–H groups in total. The standard InChI is InChI=1S/C31H29Cl2N5O4/c1-18(39)19-13-15-38(16-19)17-20-10-11-25(36-30(20)42-3)23-8-4-6-21(27(23)32)22-7-5-9-26(28(22)33)35-29(40)24-12-14-34-37(2)31(24)41/h4-12,14,19H,13,15-17H2,1-3H3,(H,35,40)/t19-/m0/s1. The zero-order valence-electron chi connectivity index (χ0n) is 23.4. The second kappa shape index (κ2) is 12.4. The lowest BCUT2D eigenvalue weighted by Crippen LogP contribution is -2.28. The number of anilines is 1. The normalized spacial score (nSPS) is 15.0. The van der Waals surface area contributed by atoms with Crippen LogP contribution >= 0.6 is 23.2 Å². The van der Waals surface area contributed by atoms with E-state index in [1.807, 2.05) is 30.3 Å². The number of hydrogen-bond acceptors (Lipinski definition) is 7. The van der Waals surface area contributed by atoms with E-state index in [0.29, 0.717) is 45.5 Å². The predicted octanol–water partition coefficient (Wildman–Crippen LogP) is 5.49. The number of hydrogen-bond donors (Lipinski definition) is 1. The molecule has 3 heterocycles. The van der Waals surface area contributed by atoms with Crippen LogP contribution in [0.15, 0.2) is 65.6 Å². The highest BCUT2D eigenvalue weighted by Crippen LogP contribution is 2.41. The van der Waals surface area contributed by atoms with Crippen molar-refractivity contribution in [2.24, 2.45) is 13.0 Å². The Kier molecular flexibility index (Phi) is 8.72. The molecular formula is C31H29Cl2N5O4. The average molecular weight is 607 g/mol. The van der Waals surface area contributed by atoms with Crippen LogP contribution in [-0.4, -0.2) is 51.6 Å². The van der Waals surface area contributed by atoms with Gasteiger partial charge in [-0.05, 0) is 38.1 Å². The van der Waals surface area contributed by atoms with Crippen LogP contribution in [0.1, 0.15) is 29.3 Å². The van der Waals surface area contributed by atoms with Crippen molar-refractivity contribution in [2.45, 2.75) is 19.9 Å². The summed E-state index contributed by atoms with van der Waals surface area (Å²) in [5.41, 5.74) is 3.23. The number of Topliss-reactive ketones (excluding diaryl/α,β-unsaturated/α-hetero) is 1. The Labute approximate surface area is 253 Å². The summed E-state index contributed by atoms with van der Waals surface area (Å²) >= 11 is 13.7. The van der Waals surface area contributed by atoms with E-state index < -0.39 is 11.5 Å². The molecule has 42 heavy (non-hydrogen) atoms. The molecule has 9 nitrogen and oxygen atoms in total. The molecular weight excluding hydrogens is 577 g/mol. The average Bonchev–Trinajstić information content (AvgIpc) is 3.45. The number of benzene rings is 2. The van der Waals surface area contributed by atoms with Gasteiger partial charge in [0, 0.05) is 54.5 Å². The molecule has 1 aliphatic heterocycles. The first-order valence-corrected chi connectivity index (χ1v) is 14.1. The summed E-state index contributed by atoms with van der Waals surface area (Å²) in [6, 6.07) is 16.0. The number of amides is 1. The van der Waals surface area contributed by atoms with Gasteiger partial charge in [-0.1, -0.05) is 59.6 Å². The fourth-order valence-electron chi connectivity index (χ4n) is 5.11. The van der Waals surface area contributed by atoms with Crippen LogP contribution in [0.4, 0.5) is 5.69 Å². The van der Waals surface area contributed by atoms with E-state index in [2.05, 4.69) is 15.3 Å². The lowest BCUT2D eigenvalue weighted by molar-refractivity contribution is -0.120. The van der Waals surface area contributed by atoms with Crippen LogP contribution in [0.25, 0.3) is 22.4 Å². The summed E-state index contributed by atoms with van der Waals surface area (Å²) in [6.45, 7) is 3.86. The number of rotatable bonds is 8. The number of nitrogens with one attached hydrogen (secondary N) is 1. The molecule has 1 aliphatic rings. The second-order valence-electron chi connectivity index (χ2n) is 10.2. The highest BCUT2D eigenvalue weighted by Gasteiger charge is 2.26. The van der Waals surface area contributed by atoms with Gasteiger partial charge in [-0.2, -0.15) is 5.10 Å². The SMILES string of the molecule is COc1nc(-c2cccc(-c3cccc(NC(=O)c4ccnn(C)c4=O)c3Cl)c2Cl)ccc1CN1CC[C@H](C(C)=O)C1. The predicted molar refractivity (Wildman–Crippen MR) is 163 cm³/mol. The molecule has 1 fully saturated rings. The zero-order valence-corrected chi connectivity index (χ0v) is 24.9. The van der Waals surface area contributed by atoms with Gasteiger partial charge < -0.3 is 10.1 Å². The number of halogens is 2. The quantitative estimate of drug-likeness (QED) is 0.283. The molecule has 1 amide bonds. The number of carbonyl (C=O) groups excluding carboxylic acids is 2. The van der Waals surface area contributed by atoms with Crippen molar-refractivity contribution in [1.29, 1.82) is 0 Å². The number of carbonyl (C=O) groups is 2.